The maximum Gasteiger partial charge on any atom is 0.253 e. The molecule has 0 N–H and O–H groups in total. The van der Waals surface area contributed by atoms with E-state index in [0.717, 1.165) is 57.0 Å². The zero-order valence-electron chi connectivity index (χ0n) is 17.8. The van der Waals surface area contributed by atoms with Gasteiger partial charge in [0.2, 0.25) is 11.8 Å². The van der Waals surface area contributed by atoms with E-state index < -0.39 is 0 Å². The molecule has 1 spiro atoms. The lowest BCUT2D eigenvalue weighted by atomic mass is 9.70. The van der Waals surface area contributed by atoms with Gasteiger partial charge in [0, 0.05) is 57.6 Å². The quantitative estimate of drug-likeness (QED) is 0.648. The van der Waals surface area contributed by atoms with Gasteiger partial charge in [-0.05, 0) is 42.0 Å². The molecule has 160 valence electrons. The Balaban J connectivity index is 1.34. The SMILES string of the molecule is Cc1nnc(C2CN(Cc3cccnc3)CC23CCN(C(=O)c2ccccc2)CC3)o1. The van der Waals surface area contributed by atoms with Gasteiger partial charge in [-0.25, -0.2) is 0 Å². The summed E-state index contributed by atoms with van der Waals surface area (Å²) in [4.78, 5) is 21.6. The first kappa shape index (κ1) is 19.9. The number of rotatable bonds is 4. The van der Waals surface area contributed by atoms with Crippen molar-refractivity contribution in [3.05, 3.63) is 77.8 Å². The summed E-state index contributed by atoms with van der Waals surface area (Å²) < 4.78 is 5.90. The van der Waals surface area contributed by atoms with Crippen LogP contribution in [0.5, 0.6) is 0 Å². The highest BCUT2D eigenvalue weighted by atomic mass is 16.4. The van der Waals surface area contributed by atoms with Crippen molar-refractivity contribution >= 4 is 5.91 Å². The van der Waals surface area contributed by atoms with E-state index in [4.69, 9.17) is 4.42 Å². The summed E-state index contributed by atoms with van der Waals surface area (Å²) in [5.74, 6) is 1.63. The molecule has 2 saturated heterocycles. The fraction of sp³-hybridized carbons (Fsp3) is 0.417. The molecule has 3 aromatic rings. The number of hydrogen-bond donors (Lipinski definition) is 0. The van der Waals surface area contributed by atoms with Gasteiger partial charge >= 0.3 is 0 Å². The zero-order chi connectivity index (χ0) is 21.3. The number of carbonyl (C=O) groups excluding carboxylic acids is 1. The summed E-state index contributed by atoms with van der Waals surface area (Å²) in [6, 6.07) is 13.6. The number of benzene rings is 1. The number of piperidine rings is 1. The molecule has 0 bridgehead atoms. The molecule has 0 saturated carbocycles. The highest BCUT2D eigenvalue weighted by molar-refractivity contribution is 5.94. The molecule has 7 heteroatoms. The van der Waals surface area contributed by atoms with Crippen LogP contribution in [0.3, 0.4) is 0 Å². The number of pyridine rings is 1. The minimum atomic E-state index is 0.0364. The number of aromatic nitrogens is 3. The van der Waals surface area contributed by atoms with Crippen LogP contribution in [0.15, 0.2) is 59.3 Å². The summed E-state index contributed by atoms with van der Waals surface area (Å²) >= 11 is 0. The average molecular weight is 418 g/mol. The van der Waals surface area contributed by atoms with E-state index in [1.807, 2.05) is 54.4 Å². The maximum absolute atomic E-state index is 12.9. The van der Waals surface area contributed by atoms with Crippen LogP contribution in [0.1, 0.15) is 46.5 Å². The van der Waals surface area contributed by atoms with Crippen LogP contribution < -0.4 is 0 Å². The van der Waals surface area contributed by atoms with Crippen LogP contribution in [-0.4, -0.2) is 57.1 Å². The second-order valence-corrected chi connectivity index (χ2v) is 8.76. The van der Waals surface area contributed by atoms with Gasteiger partial charge < -0.3 is 9.32 Å². The maximum atomic E-state index is 12.9. The van der Waals surface area contributed by atoms with Crippen LogP contribution in [-0.2, 0) is 6.54 Å². The van der Waals surface area contributed by atoms with Gasteiger partial charge in [0.05, 0.1) is 5.92 Å². The standard InChI is InChI=1S/C24H27N5O2/c1-18-26-27-22(31-18)21-16-28(15-19-6-5-11-25-14-19)17-24(21)9-12-29(13-10-24)23(30)20-7-3-2-4-8-20/h2-8,11,14,21H,9-10,12-13,15-17H2,1H3. The van der Waals surface area contributed by atoms with E-state index in [1.54, 1.807) is 6.20 Å². The van der Waals surface area contributed by atoms with Crippen molar-refractivity contribution in [2.24, 2.45) is 5.41 Å². The van der Waals surface area contributed by atoms with E-state index in [2.05, 4.69) is 26.1 Å². The Morgan fingerprint density at radius 2 is 1.94 bits per heavy atom. The fourth-order valence-corrected chi connectivity index (χ4v) is 5.16. The van der Waals surface area contributed by atoms with Gasteiger partial charge in [0.1, 0.15) is 0 Å². The lowest BCUT2D eigenvalue weighted by molar-refractivity contribution is 0.0546. The number of amides is 1. The Bertz CT molecular complexity index is 1030. The third-order valence-corrected chi connectivity index (χ3v) is 6.75. The van der Waals surface area contributed by atoms with E-state index in [1.165, 1.54) is 5.56 Å². The minimum Gasteiger partial charge on any atom is -0.425 e. The van der Waals surface area contributed by atoms with Crippen LogP contribution in [0, 0.1) is 12.3 Å². The molecular weight excluding hydrogens is 390 g/mol. The Kier molecular flexibility index (Phi) is 5.28. The molecule has 2 aliphatic rings. The number of hydrogen-bond acceptors (Lipinski definition) is 6. The lowest BCUT2D eigenvalue weighted by Crippen LogP contribution is -2.46. The van der Waals surface area contributed by atoms with Crippen LogP contribution in [0.25, 0.3) is 0 Å². The van der Waals surface area contributed by atoms with Crippen LogP contribution >= 0.6 is 0 Å². The van der Waals surface area contributed by atoms with Crippen LogP contribution in [0.4, 0.5) is 0 Å². The van der Waals surface area contributed by atoms with Gasteiger partial charge in [-0.3, -0.25) is 14.7 Å². The molecule has 1 atom stereocenters. The first-order valence-electron chi connectivity index (χ1n) is 10.9. The molecule has 7 nitrogen and oxygen atoms in total. The van der Waals surface area contributed by atoms with Gasteiger partial charge in [-0.2, -0.15) is 0 Å². The van der Waals surface area contributed by atoms with Crippen molar-refractivity contribution in [1.29, 1.82) is 0 Å². The second kappa shape index (κ2) is 8.23. The second-order valence-electron chi connectivity index (χ2n) is 8.76. The van der Waals surface area contributed by atoms with Gasteiger partial charge in [0.25, 0.3) is 5.91 Å². The molecular formula is C24H27N5O2. The van der Waals surface area contributed by atoms with Crippen molar-refractivity contribution in [3.63, 3.8) is 0 Å². The van der Waals surface area contributed by atoms with Gasteiger partial charge in [-0.15, -0.1) is 10.2 Å². The summed E-state index contributed by atoms with van der Waals surface area (Å²) in [7, 11) is 0. The largest absolute Gasteiger partial charge is 0.425 e. The molecule has 2 aromatic heterocycles. The predicted molar refractivity (Wildman–Crippen MR) is 115 cm³/mol. The minimum absolute atomic E-state index is 0.0364. The molecule has 2 aliphatic heterocycles. The molecule has 31 heavy (non-hydrogen) atoms. The first-order valence-corrected chi connectivity index (χ1v) is 10.9. The molecule has 1 unspecified atom stereocenters. The van der Waals surface area contributed by atoms with Crippen molar-refractivity contribution in [2.75, 3.05) is 26.2 Å². The summed E-state index contributed by atoms with van der Waals surface area (Å²) in [5.41, 5.74) is 2.00. The normalized spacial score (nSPS) is 20.9. The monoisotopic (exact) mass is 417 g/mol. The third-order valence-electron chi connectivity index (χ3n) is 6.75. The van der Waals surface area contributed by atoms with Crippen LogP contribution in [0.2, 0.25) is 0 Å². The number of nitrogens with zero attached hydrogens (tertiary/aromatic N) is 5. The molecule has 2 fully saturated rings. The Morgan fingerprint density at radius 3 is 2.61 bits per heavy atom. The van der Waals surface area contributed by atoms with Crippen molar-refractivity contribution in [3.8, 4) is 0 Å². The molecule has 0 radical (unpaired) electrons. The fourth-order valence-electron chi connectivity index (χ4n) is 5.16. The smallest absolute Gasteiger partial charge is 0.253 e. The predicted octanol–water partition coefficient (Wildman–Crippen LogP) is 3.30. The lowest BCUT2D eigenvalue weighted by Gasteiger charge is -2.41. The van der Waals surface area contributed by atoms with Crippen molar-refractivity contribution in [1.82, 2.24) is 25.0 Å². The van der Waals surface area contributed by atoms with E-state index in [0.29, 0.717) is 5.89 Å². The summed E-state index contributed by atoms with van der Waals surface area (Å²) in [6.07, 6.45) is 5.60. The van der Waals surface area contributed by atoms with Gasteiger partial charge in [-0.1, -0.05) is 24.3 Å². The zero-order valence-corrected chi connectivity index (χ0v) is 17.8. The number of likely N-dealkylation sites (tertiary alicyclic amines) is 2. The molecule has 5 rings (SSSR count). The third kappa shape index (κ3) is 3.97. The Morgan fingerprint density at radius 1 is 1.13 bits per heavy atom. The highest BCUT2D eigenvalue weighted by Crippen LogP contribution is 2.49. The Hall–Kier alpha value is -3.06. The molecule has 4 heterocycles. The van der Waals surface area contributed by atoms with E-state index >= 15 is 0 Å². The average Bonchev–Trinajstić information content (AvgIpc) is 3.38. The summed E-state index contributed by atoms with van der Waals surface area (Å²) in [6.45, 7) is 6.03. The van der Waals surface area contributed by atoms with Crippen molar-refractivity contribution < 1.29 is 9.21 Å². The van der Waals surface area contributed by atoms with Gasteiger partial charge in [0.15, 0.2) is 0 Å². The topological polar surface area (TPSA) is 75.4 Å². The number of aryl methyl sites for hydroxylation is 1. The molecule has 1 amide bonds. The van der Waals surface area contributed by atoms with Crippen molar-refractivity contribution in [2.45, 2.75) is 32.2 Å². The highest BCUT2D eigenvalue weighted by Gasteiger charge is 2.51. The summed E-state index contributed by atoms with van der Waals surface area (Å²) in [5, 5.41) is 8.48. The first-order chi connectivity index (χ1) is 15.1. The number of carbonyl (C=O) groups is 1. The Labute approximate surface area is 182 Å². The van der Waals surface area contributed by atoms with E-state index in [-0.39, 0.29) is 17.2 Å². The van der Waals surface area contributed by atoms with E-state index in [9.17, 15) is 4.79 Å². The molecule has 0 aliphatic carbocycles. The molecule has 1 aromatic carbocycles.